The monoisotopic (exact) mass is 722 g/mol. The number of hydrogen-bond donors (Lipinski definition) is 0. The Balaban J connectivity index is 0.943. The Morgan fingerprint density at radius 1 is 0.429 bits per heavy atom. The number of benzene rings is 6. The minimum atomic E-state index is 0.338. The fourth-order valence-corrected chi connectivity index (χ4v) is 9.34. The summed E-state index contributed by atoms with van der Waals surface area (Å²) in [6.45, 7) is 4.36. The minimum absolute atomic E-state index is 0.338. The smallest absolute Gasteiger partial charge is 0.220 e. The molecule has 10 rings (SSSR count). The molecule has 3 heteroatoms. The Morgan fingerprint density at radius 3 is 1.75 bits per heavy atom. The Morgan fingerprint density at radius 2 is 1.04 bits per heavy atom. The minimum Gasteiger partial charge on any atom is -0.439 e. The second-order valence-corrected chi connectivity index (χ2v) is 15.8. The molecular formula is C53H42N2O. The van der Waals surface area contributed by atoms with Crippen molar-refractivity contribution in [2.24, 2.45) is 5.41 Å². The van der Waals surface area contributed by atoms with Gasteiger partial charge < -0.3 is 4.74 Å². The molecule has 0 saturated heterocycles. The third-order valence-electron chi connectivity index (χ3n) is 11.8. The van der Waals surface area contributed by atoms with Crippen LogP contribution in [0.4, 0.5) is 0 Å². The number of aromatic nitrogens is 2. The van der Waals surface area contributed by atoms with E-state index in [4.69, 9.17) is 9.72 Å². The van der Waals surface area contributed by atoms with E-state index in [1.54, 1.807) is 6.20 Å². The van der Waals surface area contributed by atoms with E-state index in [-0.39, 0.29) is 0 Å². The second-order valence-electron chi connectivity index (χ2n) is 15.8. The summed E-state index contributed by atoms with van der Waals surface area (Å²) in [6, 6.07) is 58.6. The molecule has 270 valence electrons. The number of pyridine rings is 2. The van der Waals surface area contributed by atoms with Crippen LogP contribution in [-0.4, -0.2) is 9.97 Å². The maximum atomic E-state index is 6.63. The van der Waals surface area contributed by atoms with Crippen molar-refractivity contribution in [1.29, 1.82) is 0 Å². The second kappa shape index (κ2) is 13.9. The molecule has 0 saturated carbocycles. The average Bonchev–Trinajstić information content (AvgIpc) is 3.78. The Kier molecular flexibility index (Phi) is 8.44. The van der Waals surface area contributed by atoms with Crippen molar-refractivity contribution in [3.8, 4) is 67.5 Å². The van der Waals surface area contributed by atoms with Gasteiger partial charge in [0, 0.05) is 12.3 Å². The van der Waals surface area contributed by atoms with E-state index in [9.17, 15) is 0 Å². The molecule has 0 unspecified atom stereocenters. The summed E-state index contributed by atoms with van der Waals surface area (Å²) in [5.41, 5.74) is 19.8. The summed E-state index contributed by atoms with van der Waals surface area (Å²) in [5.74, 6) is 1.26. The van der Waals surface area contributed by atoms with Crippen LogP contribution in [0.15, 0.2) is 170 Å². The molecule has 2 aliphatic carbocycles. The van der Waals surface area contributed by atoms with Gasteiger partial charge in [-0.15, -0.1) is 0 Å². The summed E-state index contributed by atoms with van der Waals surface area (Å²) in [4.78, 5) is 9.63. The van der Waals surface area contributed by atoms with Gasteiger partial charge in [-0.2, -0.15) is 0 Å². The van der Waals surface area contributed by atoms with Gasteiger partial charge in [0.1, 0.15) is 5.75 Å². The maximum Gasteiger partial charge on any atom is 0.220 e. The lowest BCUT2D eigenvalue weighted by Crippen LogP contribution is -2.21. The third-order valence-corrected chi connectivity index (χ3v) is 11.8. The zero-order chi connectivity index (χ0) is 37.6. The van der Waals surface area contributed by atoms with Crippen LogP contribution < -0.4 is 4.74 Å². The highest BCUT2D eigenvalue weighted by molar-refractivity contribution is 5.80. The van der Waals surface area contributed by atoms with Crippen LogP contribution in [0, 0.1) is 19.3 Å². The van der Waals surface area contributed by atoms with E-state index < -0.39 is 0 Å². The maximum absolute atomic E-state index is 6.63. The van der Waals surface area contributed by atoms with E-state index in [1.807, 2.05) is 24.3 Å². The van der Waals surface area contributed by atoms with E-state index in [1.165, 1.54) is 80.5 Å². The van der Waals surface area contributed by atoms with Crippen LogP contribution in [0.25, 0.3) is 55.9 Å². The zero-order valence-corrected chi connectivity index (χ0v) is 31.8. The Bertz CT molecular complexity index is 2700. The molecule has 0 amide bonds. The molecule has 2 aromatic heterocycles. The standard InChI is InChI=1S/C53H42N2O/c1-35-24-45(37-12-4-3-5-13-37)25-36(2)52(35)46-29-50(49-20-8-9-23-54-49)55-51(30-46)56-48-19-11-18-40(28-48)38-16-10-17-39(26-38)41-21-22-44-33-53(34-47(44)27-41)31-42-14-6-7-15-43(42)32-53/h3-30H,31-34H2,1-2H3. The van der Waals surface area contributed by atoms with E-state index >= 15 is 0 Å². The van der Waals surface area contributed by atoms with Crippen molar-refractivity contribution in [3.63, 3.8) is 0 Å². The van der Waals surface area contributed by atoms with Gasteiger partial charge in [-0.1, -0.05) is 121 Å². The number of hydrogen-bond acceptors (Lipinski definition) is 3. The van der Waals surface area contributed by atoms with Crippen LogP contribution in [0.2, 0.25) is 0 Å². The SMILES string of the molecule is Cc1cc(-c2ccccc2)cc(C)c1-c1cc(Oc2cccc(-c3cccc(-c4ccc5c(c4)CC4(Cc6ccccc6C4)C5)c3)c2)nc(-c2ccccn2)c1. The third kappa shape index (κ3) is 6.50. The van der Waals surface area contributed by atoms with Gasteiger partial charge >= 0.3 is 0 Å². The van der Waals surface area contributed by atoms with Crippen LogP contribution in [-0.2, 0) is 25.7 Å². The number of aryl methyl sites for hydroxylation is 2. The largest absolute Gasteiger partial charge is 0.439 e. The number of fused-ring (bicyclic) bond motifs is 2. The molecule has 56 heavy (non-hydrogen) atoms. The molecule has 6 aromatic carbocycles. The van der Waals surface area contributed by atoms with Gasteiger partial charge in [-0.3, -0.25) is 4.98 Å². The lowest BCUT2D eigenvalue weighted by molar-refractivity contribution is 0.326. The Hall–Kier alpha value is -6.58. The predicted molar refractivity (Wildman–Crippen MR) is 229 cm³/mol. The lowest BCUT2D eigenvalue weighted by Gasteiger charge is -2.21. The number of rotatable bonds is 7. The van der Waals surface area contributed by atoms with Crippen LogP contribution in [0.1, 0.15) is 33.4 Å². The molecule has 0 radical (unpaired) electrons. The van der Waals surface area contributed by atoms with Crippen LogP contribution in [0.5, 0.6) is 11.6 Å². The lowest BCUT2D eigenvalue weighted by atomic mass is 9.82. The quantitative estimate of drug-likeness (QED) is 0.164. The van der Waals surface area contributed by atoms with Crippen molar-refractivity contribution in [1.82, 2.24) is 9.97 Å². The van der Waals surface area contributed by atoms with Gasteiger partial charge in [0.05, 0.1) is 11.4 Å². The van der Waals surface area contributed by atoms with Gasteiger partial charge in [0.25, 0.3) is 0 Å². The Labute approximate surface area is 329 Å². The first-order valence-corrected chi connectivity index (χ1v) is 19.6. The van der Waals surface area contributed by atoms with Crippen molar-refractivity contribution >= 4 is 0 Å². The molecule has 1 spiro atoms. The number of nitrogens with zero attached hydrogens (tertiary/aromatic N) is 2. The fourth-order valence-electron chi connectivity index (χ4n) is 9.34. The zero-order valence-electron chi connectivity index (χ0n) is 31.8. The van der Waals surface area contributed by atoms with Crippen molar-refractivity contribution in [2.75, 3.05) is 0 Å². The summed E-state index contributed by atoms with van der Waals surface area (Å²) < 4.78 is 6.63. The first kappa shape index (κ1) is 33.9. The number of ether oxygens (including phenoxy) is 1. The topological polar surface area (TPSA) is 35.0 Å². The molecule has 0 fully saturated rings. The first-order valence-electron chi connectivity index (χ1n) is 19.6. The summed E-state index contributed by atoms with van der Waals surface area (Å²) in [6.07, 6.45) is 6.50. The first-order chi connectivity index (χ1) is 27.4. The summed E-state index contributed by atoms with van der Waals surface area (Å²) in [7, 11) is 0. The van der Waals surface area contributed by atoms with E-state index in [0.29, 0.717) is 11.3 Å². The normalized spacial score (nSPS) is 13.8. The van der Waals surface area contributed by atoms with Crippen LogP contribution in [0.3, 0.4) is 0 Å². The van der Waals surface area contributed by atoms with E-state index in [2.05, 4.69) is 158 Å². The molecule has 0 aliphatic heterocycles. The summed E-state index contributed by atoms with van der Waals surface area (Å²) in [5, 5.41) is 0. The van der Waals surface area contributed by atoms with Gasteiger partial charge in [-0.25, -0.2) is 4.98 Å². The van der Waals surface area contributed by atoms with Crippen LogP contribution >= 0.6 is 0 Å². The van der Waals surface area contributed by atoms with Gasteiger partial charge in [0.2, 0.25) is 5.88 Å². The average molecular weight is 723 g/mol. The van der Waals surface area contributed by atoms with Crippen molar-refractivity contribution < 1.29 is 4.74 Å². The summed E-state index contributed by atoms with van der Waals surface area (Å²) >= 11 is 0. The molecule has 0 bridgehead atoms. The van der Waals surface area contributed by atoms with Crippen molar-refractivity contribution in [2.45, 2.75) is 39.5 Å². The van der Waals surface area contributed by atoms with Gasteiger partial charge in [-0.05, 0) is 159 Å². The molecule has 0 atom stereocenters. The molecule has 0 N–H and O–H groups in total. The highest BCUT2D eigenvalue weighted by Gasteiger charge is 2.41. The molecule has 2 heterocycles. The highest BCUT2D eigenvalue weighted by atomic mass is 16.5. The van der Waals surface area contributed by atoms with E-state index in [0.717, 1.165) is 40.2 Å². The van der Waals surface area contributed by atoms with Gasteiger partial charge in [0.15, 0.2) is 0 Å². The molecular weight excluding hydrogens is 681 g/mol. The predicted octanol–water partition coefficient (Wildman–Crippen LogP) is 13.1. The molecule has 3 nitrogen and oxygen atoms in total. The van der Waals surface area contributed by atoms with Crippen molar-refractivity contribution in [3.05, 3.63) is 203 Å². The fraction of sp³-hybridized carbons (Fsp3) is 0.132. The highest BCUT2D eigenvalue weighted by Crippen LogP contribution is 2.48. The molecule has 8 aromatic rings. The molecule has 2 aliphatic rings.